The number of thioether (sulfide) groups is 1. The molecular formula is C22H28NOS+. The van der Waals surface area contributed by atoms with Crippen molar-refractivity contribution in [2.24, 2.45) is 0 Å². The van der Waals surface area contributed by atoms with Crippen molar-refractivity contribution in [2.45, 2.75) is 20.4 Å². The molecule has 0 bridgehead atoms. The maximum atomic E-state index is 12.1. The van der Waals surface area contributed by atoms with Gasteiger partial charge >= 0.3 is 0 Å². The van der Waals surface area contributed by atoms with Crippen LogP contribution in [0.1, 0.15) is 25.0 Å². The highest BCUT2D eigenvalue weighted by atomic mass is 32.2. The number of carbonyl (C=O) groups excluding carboxylic acids is 1. The molecular weight excluding hydrogens is 326 g/mol. The molecule has 0 N–H and O–H groups in total. The summed E-state index contributed by atoms with van der Waals surface area (Å²) < 4.78 is 1.02. The molecule has 0 radical (unpaired) electrons. The monoisotopic (exact) mass is 354 g/mol. The first-order valence-electron chi connectivity index (χ1n) is 8.96. The van der Waals surface area contributed by atoms with E-state index in [1.54, 1.807) is 6.08 Å². The van der Waals surface area contributed by atoms with E-state index >= 15 is 0 Å². The Morgan fingerprint density at radius 3 is 2.16 bits per heavy atom. The van der Waals surface area contributed by atoms with Gasteiger partial charge in [0.15, 0.2) is 0 Å². The predicted octanol–water partition coefficient (Wildman–Crippen LogP) is 5.02. The summed E-state index contributed by atoms with van der Waals surface area (Å²) in [6, 6.07) is 20.6. The number of nitrogens with zero attached hydrogens (tertiary/aromatic N) is 1. The van der Waals surface area contributed by atoms with Crippen LogP contribution in [0.2, 0.25) is 0 Å². The SMILES string of the molecule is CC[N+](CC)(CCSC(=O)/C=C/c1ccccc1)Cc1ccccc1. The normalized spacial score (nSPS) is 11.8. The molecule has 0 aromatic heterocycles. The van der Waals surface area contributed by atoms with E-state index in [1.807, 2.05) is 36.4 Å². The fourth-order valence-corrected chi connectivity index (χ4v) is 3.77. The van der Waals surface area contributed by atoms with Crippen molar-refractivity contribution in [2.75, 3.05) is 25.4 Å². The summed E-state index contributed by atoms with van der Waals surface area (Å²) in [6.45, 7) is 8.70. The third kappa shape index (κ3) is 6.52. The first kappa shape index (κ1) is 19.5. The van der Waals surface area contributed by atoms with Crippen LogP contribution in [0.4, 0.5) is 0 Å². The van der Waals surface area contributed by atoms with Gasteiger partial charge in [-0.3, -0.25) is 4.79 Å². The molecule has 3 heteroatoms. The molecule has 132 valence electrons. The quantitative estimate of drug-likeness (QED) is 0.465. The van der Waals surface area contributed by atoms with E-state index in [9.17, 15) is 4.79 Å². The van der Waals surface area contributed by atoms with Gasteiger partial charge in [-0.15, -0.1) is 0 Å². The molecule has 25 heavy (non-hydrogen) atoms. The lowest BCUT2D eigenvalue weighted by Crippen LogP contribution is -2.48. The Hall–Kier alpha value is -1.84. The van der Waals surface area contributed by atoms with Crippen LogP contribution in [0.15, 0.2) is 66.7 Å². The van der Waals surface area contributed by atoms with Crippen molar-refractivity contribution >= 4 is 23.0 Å². The Bertz CT molecular complexity index is 663. The maximum absolute atomic E-state index is 12.1. The minimum absolute atomic E-state index is 0.133. The lowest BCUT2D eigenvalue weighted by atomic mass is 10.2. The molecule has 2 aromatic rings. The predicted molar refractivity (Wildman–Crippen MR) is 109 cm³/mol. The summed E-state index contributed by atoms with van der Waals surface area (Å²) in [5, 5.41) is 0.133. The molecule has 0 atom stereocenters. The number of rotatable bonds is 9. The van der Waals surface area contributed by atoms with Crippen LogP contribution < -0.4 is 0 Å². The summed E-state index contributed by atoms with van der Waals surface area (Å²) >= 11 is 1.42. The van der Waals surface area contributed by atoms with Crippen molar-refractivity contribution in [3.63, 3.8) is 0 Å². The minimum Gasteiger partial charge on any atom is -0.320 e. The number of hydrogen-bond acceptors (Lipinski definition) is 2. The van der Waals surface area contributed by atoms with Gasteiger partial charge in [-0.25, -0.2) is 0 Å². The van der Waals surface area contributed by atoms with Gasteiger partial charge < -0.3 is 4.48 Å². The van der Waals surface area contributed by atoms with Crippen molar-refractivity contribution in [3.05, 3.63) is 77.9 Å². The molecule has 0 aliphatic rings. The van der Waals surface area contributed by atoms with Crippen molar-refractivity contribution in [3.8, 4) is 0 Å². The molecule has 0 aliphatic carbocycles. The van der Waals surface area contributed by atoms with E-state index in [1.165, 1.54) is 17.3 Å². The van der Waals surface area contributed by atoms with Gasteiger partial charge in [0, 0.05) is 5.56 Å². The standard InChI is InChI=1S/C22H28NOS/c1-3-23(4-2,19-21-13-9-6-10-14-21)17-18-25-22(24)16-15-20-11-7-5-8-12-20/h5-16H,3-4,17-19H2,1-2H3/q+1/b16-15+. The largest absolute Gasteiger partial charge is 0.320 e. The fraction of sp³-hybridized carbons (Fsp3) is 0.318. The summed E-state index contributed by atoms with van der Waals surface area (Å²) in [7, 11) is 0. The fourth-order valence-electron chi connectivity index (χ4n) is 2.93. The Balaban J connectivity index is 1.86. The second kappa shape index (κ2) is 10.2. The molecule has 0 spiro atoms. The zero-order valence-corrected chi connectivity index (χ0v) is 16.0. The highest BCUT2D eigenvalue weighted by molar-refractivity contribution is 8.14. The number of benzene rings is 2. The molecule has 0 saturated heterocycles. The molecule has 2 nitrogen and oxygen atoms in total. The zero-order valence-electron chi connectivity index (χ0n) is 15.2. The van der Waals surface area contributed by atoms with Crippen LogP contribution in [-0.2, 0) is 11.3 Å². The molecule has 0 heterocycles. The lowest BCUT2D eigenvalue weighted by molar-refractivity contribution is -0.935. The molecule has 2 rings (SSSR count). The first-order chi connectivity index (χ1) is 12.2. The Morgan fingerprint density at radius 1 is 0.960 bits per heavy atom. The zero-order chi connectivity index (χ0) is 18.0. The summed E-state index contributed by atoms with van der Waals surface area (Å²) in [4.78, 5) is 12.1. The van der Waals surface area contributed by atoms with Gasteiger partial charge in [0.2, 0.25) is 5.12 Å². The van der Waals surface area contributed by atoms with E-state index in [2.05, 4.69) is 44.2 Å². The van der Waals surface area contributed by atoms with Gasteiger partial charge in [-0.2, -0.15) is 0 Å². The summed E-state index contributed by atoms with van der Waals surface area (Å²) in [6.07, 6.45) is 3.57. The van der Waals surface area contributed by atoms with Crippen LogP contribution >= 0.6 is 11.8 Å². The highest BCUT2D eigenvalue weighted by Gasteiger charge is 2.23. The number of hydrogen-bond donors (Lipinski definition) is 0. The van der Waals surface area contributed by atoms with Crippen molar-refractivity contribution in [1.82, 2.24) is 0 Å². The average molecular weight is 355 g/mol. The van der Waals surface area contributed by atoms with Gasteiger partial charge in [0.05, 0.1) is 25.4 Å². The van der Waals surface area contributed by atoms with Crippen LogP contribution in [0.5, 0.6) is 0 Å². The first-order valence-corrected chi connectivity index (χ1v) is 9.95. The second-order valence-corrected chi connectivity index (χ2v) is 7.35. The number of carbonyl (C=O) groups is 1. The molecule has 0 saturated carbocycles. The van der Waals surface area contributed by atoms with Crippen LogP contribution in [0.3, 0.4) is 0 Å². The minimum atomic E-state index is 0.133. The van der Waals surface area contributed by atoms with Crippen LogP contribution in [0, 0.1) is 0 Å². The van der Waals surface area contributed by atoms with Gasteiger partial charge in [-0.1, -0.05) is 78.5 Å². The highest BCUT2D eigenvalue weighted by Crippen LogP contribution is 2.17. The van der Waals surface area contributed by atoms with Crippen LogP contribution in [0.25, 0.3) is 6.08 Å². The van der Waals surface area contributed by atoms with E-state index in [-0.39, 0.29) is 5.12 Å². The van der Waals surface area contributed by atoms with Crippen molar-refractivity contribution < 1.29 is 9.28 Å². The van der Waals surface area contributed by atoms with Gasteiger partial charge in [-0.05, 0) is 25.5 Å². The summed E-state index contributed by atoms with van der Waals surface area (Å²) in [5.74, 6) is 0.854. The molecule has 0 unspecified atom stereocenters. The van der Waals surface area contributed by atoms with E-state index in [4.69, 9.17) is 0 Å². The van der Waals surface area contributed by atoms with E-state index in [0.29, 0.717) is 0 Å². The summed E-state index contributed by atoms with van der Waals surface area (Å²) in [5.41, 5.74) is 2.43. The lowest BCUT2D eigenvalue weighted by Gasteiger charge is -2.37. The molecule has 2 aromatic carbocycles. The van der Waals surface area contributed by atoms with E-state index in [0.717, 1.165) is 42.0 Å². The topological polar surface area (TPSA) is 17.1 Å². The van der Waals surface area contributed by atoms with E-state index < -0.39 is 0 Å². The smallest absolute Gasteiger partial charge is 0.212 e. The Morgan fingerprint density at radius 2 is 1.56 bits per heavy atom. The molecule has 0 amide bonds. The second-order valence-electron chi connectivity index (χ2n) is 6.25. The van der Waals surface area contributed by atoms with Gasteiger partial charge in [0.25, 0.3) is 0 Å². The van der Waals surface area contributed by atoms with Gasteiger partial charge in [0.1, 0.15) is 6.54 Å². The Kier molecular flexibility index (Phi) is 7.96. The number of quaternary nitrogens is 1. The Labute approximate surface area is 156 Å². The van der Waals surface area contributed by atoms with Crippen molar-refractivity contribution in [1.29, 1.82) is 0 Å². The molecule has 0 aliphatic heterocycles. The maximum Gasteiger partial charge on any atom is 0.212 e. The molecule has 0 fully saturated rings. The third-order valence-corrected chi connectivity index (χ3v) is 5.53. The third-order valence-electron chi connectivity index (χ3n) is 4.72. The average Bonchev–Trinajstić information content (AvgIpc) is 2.67. The van der Waals surface area contributed by atoms with Crippen LogP contribution in [-0.4, -0.2) is 35.0 Å².